The zero-order valence-electron chi connectivity index (χ0n) is 27.8. The highest BCUT2D eigenvalue weighted by molar-refractivity contribution is 7.12. The average Bonchev–Trinajstić information content (AvgIpc) is 3.39. The van der Waals surface area contributed by atoms with Crippen molar-refractivity contribution in [1.29, 1.82) is 0 Å². The lowest BCUT2D eigenvalue weighted by Crippen LogP contribution is -2.48. The van der Waals surface area contributed by atoms with E-state index in [1.54, 1.807) is 24.5 Å². The van der Waals surface area contributed by atoms with Crippen LogP contribution < -0.4 is 16.0 Å². The molecule has 10 heteroatoms. The summed E-state index contributed by atoms with van der Waals surface area (Å²) in [5, 5.41) is 10.2. The molecular weight excluding hydrogens is 582 g/mol. The van der Waals surface area contributed by atoms with Gasteiger partial charge in [0.2, 0.25) is 18.2 Å². The van der Waals surface area contributed by atoms with Gasteiger partial charge in [0.1, 0.15) is 0 Å². The Kier molecular flexibility index (Phi) is 24.8. The quantitative estimate of drug-likeness (QED) is 0.176. The maximum atomic E-state index is 12.8. The van der Waals surface area contributed by atoms with Gasteiger partial charge in [-0.1, -0.05) is 71.1 Å². The lowest BCUT2D eigenvalue weighted by molar-refractivity contribution is -0.123. The molecule has 0 radical (unpaired) electrons. The predicted octanol–water partition coefficient (Wildman–Crippen LogP) is 6.62. The van der Waals surface area contributed by atoms with Crippen LogP contribution in [0.5, 0.6) is 0 Å². The summed E-state index contributed by atoms with van der Waals surface area (Å²) in [4.78, 5) is 42.3. The number of piperidine rings is 1. The second kappa shape index (κ2) is 26.2. The first-order valence-corrected chi connectivity index (χ1v) is 17.4. The molecular formula is C33H58ClN5O3S. The van der Waals surface area contributed by atoms with Gasteiger partial charge in [-0.05, 0) is 64.6 Å². The lowest BCUT2D eigenvalue weighted by Gasteiger charge is -2.31. The van der Waals surface area contributed by atoms with Crippen molar-refractivity contribution in [2.75, 3.05) is 33.2 Å². The molecule has 3 N–H and O–H groups in total. The molecule has 1 aromatic heterocycles. The standard InChI is InChI=1S/C27H41ClN4O2S.C2H5NO.2C2H6/c1-20(28)18-24-21(2)30-27(35-24)14-13-26(34)31-23(22-10-5-3-6-11-22)19-29-25(33)12-9-17-32-15-7-4-8-16-32;1-3-2-4;2*1-2/h9,12,18,22-23H,3-8,10-11,13-17,19H2,1-2H3,(H,29,33)(H,31,34);2H,1H3,(H,3,4);2*1-2H3/b12-9+,20-18+;;;. The van der Waals surface area contributed by atoms with Crippen LogP contribution in [0.4, 0.5) is 0 Å². The first-order chi connectivity index (χ1) is 20.8. The van der Waals surface area contributed by atoms with Crippen molar-refractivity contribution < 1.29 is 14.4 Å². The van der Waals surface area contributed by atoms with Gasteiger partial charge in [0.15, 0.2) is 0 Å². The van der Waals surface area contributed by atoms with Crippen LogP contribution in [0.15, 0.2) is 17.2 Å². The van der Waals surface area contributed by atoms with Gasteiger partial charge in [0.25, 0.3) is 0 Å². The molecule has 43 heavy (non-hydrogen) atoms. The fourth-order valence-electron chi connectivity index (χ4n) is 4.98. The number of nitrogens with zero attached hydrogens (tertiary/aromatic N) is 2. The molecule has 1 saturated heterocycles. The van der Waals surface area contributed by atoms with Gasteiger partial charge >= 0.3 is 0 Å². The first kappa shape index (κ1) is 40.8. The van der Waals surface area contributed by atoms with E-state index in [2.05, 4.69) is 25.8 Å². The molecule has 1 atom stereocenters. The van der Waals surface area contributed by atoms with Crippen LogP contribution >= 0.6 is 22.9 Å². The second-order valence-electron chi connectivity index (χ2n) is 10.3. The minimum absolute atomic E-state index is 0.0222. The van der Waals surface area contributed by atoms with E-state index >= 15 is 0 Å². The zero-order chi connectivity index (χ0) is 32.5. The minimum atomic E-state index is -0.0782. The summed E-state index contributed by atoms with van der Waals surface area (Å²) >= 11 is 7.60. The molecule has 2 heterocycles. The van der Waals surface area contributed by atoms with Crippen LogP contribution in [-0.2, 0) is 20.8 Å². The molecule has 0 bridgehead atoms. The third kappa shape index (κ3) is 18.9. The highest BCUT2D eigenvalue weighted by Crippen LogP contribution is 2.27. The number of thiazole rings is 1. The zero-order valence-corrected chi connectivity index (χ0v) is 29.3. The number of hydrogen-bond acceptors (Lipinski definition) is 6. The molecule has 246 valence electrons. The number of hydrogen-bond donors (Lipinski definition) is 3. The number of likely N-dealkylation sites (tertiary alicyclic amines) is 1. The smallest absolute Gasteiger partial charge is 0.243 e. The van der Waals surface area contributed by atoms with Crippen molar-refractivity contribution in [2.24, 2.45) is 5.92 Å². The number of allylic oxidation sites excluding steroid dienone is 1. The van der Waals surface area contributed by atoms with Gasteiger partial charge in [0.05, 0.1) is 15.6 Å². The van der Waals surface area contributed by atoms with E-state index in [-0.39, 0.29) is 17.9 Å². The van der Waals surface area contributed by atoms with Gasteiger partial charge in [-0.3, -0.25) is 19.3 Å². The molecule has 1 aliphatic heterocycles. The maximum absolute atomic E-state index is 12.8. The van der Waals surface area contributed by atoms with E-state index in [9.17, 15) is 9.59 Å². The fraction of sp³-hybridized carbons (Fsp3) is 0.697. The Balaban J connectivity index is 0.00000200. The average molecular weight is 640 g/mol. The monoisotopic (exact) mass is 639 g/mol. The van der Waals surface area contributed by atoms with Gasteiger partial charge in [-0.2, -0.15) is 0 Å². The summed E-state index contributed by atoms with van der Waals surface area (Å²) in [6, 6.07) is -0.0299. The molecule has 8 nitrogen and oxygen atoms in total. The first-order valence-electron chi connectivity index (χ1n) is 16.2. The Hall–Kier alpha value is -2.23. The third-order valence-corrected chi connectivity index (χ3v) is 8.31. The second-order valence-corrected chi connectivity index (χ2v) is 12.0. The van der Waals surface area contributed by atoms with E-state index in [0.29, 0.717) is 31.7 Å². The molecule has 0 aromatic carbocycles. The van der Waals surface area contributed by atoms with Gasteiger partial charge in [-0.15, -0.1) is 11.3 Å². The summed E-state index contributed by atoms with van der Waals surface area (Å²) in [6.07, 6.45) is 16.8. The summed E-state index contributed by atoms with van der Waals surface area (Å²) in [6.45, 7) is 15.4. The van der Waals surface area contributed by atoms with E-state index in [0.717, 1.165) is 53.1 Å². The number of aromatic nitrogens is 1. The molecule has 1 aromatic rings. The van der Waals surface area contributed by atoms with Gasteiger partial charge < -0.3 is 16.0 Å². The SMILES string of the molecule is C/C(Cl)=C\c1sc(CCC(=O)NC(CNC(=O)/C=C/CN2CCCCC2)C2CCCCC2)nc1C.CC.CC.CNC=O. The van der Waals surface area contributed by atoms with Crippen molar-refractivity contribution in [3.8, 4) is 0 Å². The van der Waals surface area contributed by atoms with Crippen molar-refractivity contribution in [2.45, 2.75) is 112 Å². The largest absolute Gasteiger partial charge is 0.362 e. The Morgan fingerprint density at radius 1 is 1.07 bits per heavy atom. The minimum Gasteiger partial charge on any atom is -0.362 e. The lowest BCUT2D eigenvalue weighted by atomic mass is 9.83. The van der Waals surface area contributed by atoms with Crippen molar-refractivity contribution in [1.82, 2.24) is 25.8 Å². The highest BCUT2D eigenvalue weighted by Gasteiger charge is 2.25. The number of rotatable bonds is 12. The highest BCUT2D eigenvalue weighted by atomic mass is 35.5. The number of amides is 3. The van der Waals surface area contributed by atoms with E-state index in [1.165, 1.54) is 38.5 Å². The Labute approximate surface area is 270 Å². The van der Waals surface area contributed by atoms with Crippen molar-refractivity contribution in [3.05, 3.63) is 32.8 Å². The van der Waals surface area contributed by atoms with Crippen LogP contribution in [0.1, 0.15) is 108 Å². The molecule has 3 rings (SSSR count). The maximum Gasteiger partial charge on any atom is 0.243 e. The Bertz CT molecular complexity index is 950. The summed E-state index contributed by atoms with van der Waals surface area (Å²) in [5.41, 5.74) is 0.946. The van der Waals surface area contributed by atoms with Crippen molar-refractivity contribution >= 4 is 47.2 Å². The van der Waals surface area contributed by atoms with Crippen LogP contribution in [0.2, 0.25) is 0 Å². The molecule has 1 unspecified atom stereocenters. The van der Waals surface area contributed by atoms with Crippen LogP contribution in [0, 0.1) is 12.8 Å². The number of nitrogens with one attached hydrogen (secondary N) is 3. The van der Waals surface area contributed by atoms with Crippen LogP contribution in [0.25, 0.3) is 6.08 Å². The Morgan fingerprint density at radius 2 is 1.67 bits per heavy atom. The molecule has 1 aliphatic carbocycles. The van der Waals surface area contributed by atoms with E-state index < -0.39 is 0 Å². The van der Waals surface area contributed by atoms with Gasteiger partial charge in [-0.25, -0.2) is 4.98 Å². The van der Waals surface area contributed by atoms with Crippen LogP contribution in [0.3, 0.4) is 0 Å². The molecule has 1 saturated carbocycles. The van der Waals surface area contributed by atoms with E-state index in [4.69, 9.17) is 16.4 Å². The number of aryl methyl sites for hydroxylation is 2. The fourth-order valence-corrected chi connectivity index (χ4v) is 6.22. The molecule has 2 fully saturated rings. The molecule has 3 amide bonds. The van der Waals surface area contributed by atoms with Gasteiger partial charge in [0, 0.05) is 50.1 Å². The predicted molar refractivity (Wildman–Crippen MR) is 183 cm³/mol. The number of halogens is 1. The molecule has 0 spiro atoms. The molecule has 2 aliphatic rings. The van der Waals surface area contributed by atoms with Crippen LogP contribution in [-0.4, -0.2) is 67.4 Å². The summed E-state index contributed by atoms with van der Waals surface area (Å²) < 4.78 is 0. The summed E-state index contributed by atoms with van der Waals surface area (Å²) in [7, 11) is 1.56. The number of carbonyl (C=O) groups excluding carboxylic acids is 3. The summed E-state index contributed by atoms with van der Waals surface area (Å²) in [5.74, 6) is 0.357. The number of carbonyl (C=O) groups is 3. The third-order valence-electron chi connectivity index (χ3n) is 7.03. The van der Waals surface area contributed by atoms with Crippen molar-refractivity contribution in [3.63, 3.8) is 0 Å². The Morgan fingerprint density at radius 3 is 2.26 bits per heavy atom. The van der Waals surface area contributed by atoms with E-state index in [1.807, 2.05) is 53.7 Å². The normalized spacial score (nSPS) is 16.3. The topological polar surface area (TPSA) is 103 Å².